The summed E-state index contributed by atoms with van der Waals surface area (Å²) in [5, 5.41) is 0. The van der Waals surface area contributed by atoms with E-state index in [1.54, 1.807) is 0 Å². The Balaban J connectivity index is 0.000000347. The summed E-state index contributed by atoms with van der Waals surface area (Å²) in [5.41, 5.74) is 0. The summed E-state index contributed by atoms with van der Waals surface area (Å²) in [6, 6.07) is 0.865. The van der Waals surface area contributed by atoms with Gasteiger partial charge in [-0.3, -0.25) is 4.90 Å². The van der Waals surface area contributed by atoms with Gasteiger partial charge >= 0.3 is 6.18 Å². The summed E-state index contributed by atoms with van der Waals surface area (Å²) in [4.78, 5) is 2.65. The van der Waals surface area contributed by atoms with Crippen LogP contribution >= 0.6 is 0 Å². The van der Waals surface area contributed by atoms with Gasteiger partial charge in [-0.05, 0) is 37.5 Å². The second kappa shape index (κ2) is 8.23. The van der Waals surface area contributed by atoms with E-state index >= 15 is 0 Å². The first-order valence-electron chi connectivity index (χ1n) is 7.66. The molecule has 1 aliphatic carbocycles. The van der Waals surface area contributed by atoms with E-state index in [1.807, 2.05) is 0 Å². The number of nitrogens with zero attached hydrogens (tertiary/aromatic N) is 1. The predicted octanol–water partition coefficient (Wildman–Crippen LogP) is 4.10. The molecular weight excluding hydrogens is 267 g/mol. The Morgan fingerprint density at radius 3 is 1.85 bits per heavy atom. The number of hydrogen-bond acceptors (Lipinski definition) is 2. The lowest BCUT2D eigenvalue weighted by molar-refractivity contribution is -0.110. The summed E-state index contributed by atoms with van der Waals surface area (Å²) in [5.74, 6) is 1.87. The van der Waals surface area contributed by atoms with E-state index in [2.05, 4.69) is 18.7 Å². The quantitative estimate of drug-likeness (QED) is 0.760. The van der Waals surface area contributed by atoms with E-state index in [4.69, 9.17) is 4.74 Å². The summed E-state index contributed by atoms with van der Waals surface area (Å²) in [7, 11) is 0. The fraction of sp³-hybridized carbons (Fsp3) is 1.00. The van der Waals surface area contributed by atoms with E-state index < -0.39 is 6.18 Å². The molecule has 5 heteroatoms. The van der Waals surface area contributed by atoms with Crippen LogP contribution in [-0.4, -0.2) is 43.4 Å². The Morgan fingerprint density at radius 2 is 1.45 bits per heavy atom. The monoisotopic (exact) mass is 295 g/mol. The first-order valence-corrected chi connectivity index (χ1v) is 7.66. The molecule has 1 aliphatic heterocycles. The van der Waals surface area contributed by atoms with Crippen molar-refractivity contribution in [3.63, 3.8) is 0 Å². The molecule has 2 fully saturated rings. The van der Waals surface area contributed by atoms with Crippen LogP contribution in [0.1, 0.15) is 46.5 Å². The molecule has 0 aromatic rings. The minimum Gasteiger partial charge on any atom is -0.379 e. The molecule has 1 heterocycles. The molecular formula is C15H28F3NO. The lowest BCUT2D eigenvalue weighted by atomic mass is 9.79. The highest BCUT2D eigenvalue weighted by molar-refractivity contribution is 4.81. The van der Waals surface area contributed by atoms with Crippen LogP contribution in [0.5, 0.6) is 0 Å². The Kier molecular flexibility index (Phi) is 7.30. The van der Waals surface area contributed by atoms with Crippen molar-refractivity contribution in [2.45, 2.75) is 58.7 Å². The molecule has 0 atom stereocenters. The van der Waals surface area contributed by atoms with Crippen LogP contribution in [0.2, 0.25) is 0 Å². The lowest BCUT2D eigenvalue weighted by Gasteiger charge is -2.39. The fourth-order valence-corrected chi connectivity index (χ4v) is 3.08. The van der Waals surface area contributed by atoms with Gasteiger partial charge in [-0.15, -0.1) is 0 Å². The first-order chi connectivity index (χ1) is 9.27. The molecule has 0 aromatic carbocycles. The van der Waals surface area contributed by atoms with Gasteiger partial charge in [-0.2, -0.15) is 13.2 Å². The van der Waals surface area contributed by atoms with Crippen LogP contribution in [-0.2, 0) is 4.74 Å². The maximum atomic E-state index is 10.4. The molecule has 0 radical (unpaired) electrons. The topological polar surface area (TPSA) is 12.5 Å². The average Bonchev–Trinajstić information content (AvgIpc) is 2.38. The van der Waals surface area contributed by atoms with Crippen molar-refractivity contribution in [2.75, 3.05) is 26.3 Å². The van der Waals surface area contributed by atoms with Crippen molar-refractivity contribution < 1.29 is 17.9 Å². The molecule has 1 saturated heterocycles. The fourth-order valence-electron chi connectivity index (χ4n) is 3.08. The molecule has 20 heavy (non-hydrogen) atoms. The average molecular weight is 295 g/mol. The van der Waals surface area contributed by atoms with E-state index in [1.165, 1.54) is 25.7 Å². The second-order valence-electron chi connectivity index (χ2n) is 6.24. The van der Waals surface area contributed by atoms with E-state index in [9.17, 15) is 13.2 Å². The molecule has 2 nitrogen and oxygen atoms in total. The van der Waals surface area contributed by atoms with Gasteiger partial charge in [-0.1, -0.05) is 13.8 Å². The van der Waals surface area contributed by atoms with Crippen LogP contribution in [0.4, 0.5) is 13.2 Å². The highest BCUT2D eigenvalue weighted by Crippen LogP contribution is 2.32. The number of hydrogen-bond donors (Lipinski definition) is 0. The zero-order chi connectivity index (χ0) is 15.2. The lowest BCUT2D eigenvalue weighted by Crippen LogP contribution is -2.45. The maximum Gasteiger partial charge on any atom is 0.386 e. The van der Waals surface area contributed by atoms with Crippen LogP contribution < -0.4 is 0 Å². The van der Waals surface area contributed by atoms with Crippen LogP contribution in [0, 0.1) is 11.8 Å². The summed E-state index contributed by atoms with van der Waals surface area (Å²) in [6.07, 6.45) is 1.73. The standard InChI is InChI=1S/C13H25NO.C2H3F3/c1-11(2)12-3-5-13(6-4-12)14-7-9-15-10-8-14;1-2(3,4)5/h11-13H,3-10H2,1-2H3;1H3. The second-order valence-corrected chi connectivity index (χ2v) is 6.24. The molecule has 0 unspecified atom stereocenters. The highest BCUT2D eigenvalue weighted by Gasteiger charge is 2.27. The number of alkyl halides is 3. The third-order valence-electron chi connectivity index (χ3n) is 4.25. The molecule has 1 saturated carbocycles. The zero-order valence-electron chi connectivity index (χ0n) is 12.9. The van der Waals surface area contributed by atoms with Crippen molar-refractivity contribution in [1.29, 1.82) is 0 Å². The Morgan fingerprint density at radius 1 is 1.00 bits per heavy atom. The van der Waals surface area contributed by atoms with Gasteiger partial charge in [0, 0.05) is 26.1 Å². The molecule has 2 rings (SSSR count). The highest BCUT2D eigenvalue weighted by atomic mass is 19.4. The molecule has 0 N–H and O–H groups in total. The molecule has 0 amide bonds. The van der Waals surface area contributed by atoms with Crippen molar-refractivity contribution in [2.24, 2.45) is 11.8 Å². The van der Waals surface area contributed by atoms with Gasteiger partial charge in [0.25, 0.3) is 0 Å². The van der Waals surface area contributed by atoms with Crippen molar-refractivity contribution >= 4 is 0 Å². The van der Waals surface area contributed by atoms with Crippen molar-refractivity contribution in [3.8, 4) is 0 Å². The minimum absolute atomic E-state index is 0.188. The summed E-state index contributed by atoms with van der Waals surface area (Å²) in [6.45, 7) is 9.16. The van der Waals surface area contributed by atoms with Gasteiger partial charge in [0.2, 0.25) is 0 Å². The largest absolute Gasteiger partial charge is 0.386 e. The van der Waals surface area contributed by atoms with Crippen molar-refractivity contribution in [3.05, 3.63) is 0 Å². The van der Waals surface area contributed by atoms with E-state index in [0.717, 1.165) is 44.2 Å². The van der Waals surface area contributed by atoms with Crippen LogP contribution in [0.3, 0.4) is 0 Å². The van der Waals surface area contributed by atoms with Gasteiger partial charge in [0.05, 0.1) is 13.2 Å². The Hall–Kier alpha value is -0.290. The molecule has 2 aliphatic rings. The smallest absolute Gasteiger partial charge is 0.379 e. The predicted molar refractivity (Wildman–Crippen MR) is 74.7 cm³/mol. The molecule has 120 valence electrons. The van der Waals surface area contributed by atoms with Gasteiger partial charge in [0.1, 0.15) is 0 Å². The number of morpholine rings is 1. The Labute approximate surface area is 120 Å². The van der Waals surface area contributed by atoms with Crippen LogP contribution in [0.25, 0.3) is 0 Å². The molecule has 0 spiro atoms. The number of rotatable bonds is 2. The SMILES string of the molecule is CC(C)C1CCC(N2CCOCC2)CC1.CC(F)(F)F. The number of ether oxygens (including phenoxy) is 1. The number of halogens is 3. The normalized spacial score (nSPS) is 28.9. The summed E-state index contributed by atoms with van der Waals surface area (Å²) >= 11 is 0. The Bertz CT molecular complexity index is 248. The first kappa shape index (κ1) is 17.8. The molecule has 0 aromatic heterocycles. The van der Waals surface area contributed by atoms with E-state index in [0.29, 0.717) is 0 Å². The van der Waals surface area contributed by atoms with Gasteiger partial charge in [0.15, 0.2) is 0 Å². The van der Waals surface area contributed by atoms with Crippen LogP contribution in [0.15, 0.2) is 0 Å². The minimum atomic E-state index is -4.00. The van der Waals surface area contributed by atoms with Gasteiger partial charge < -0.3 is 4.74 Å². The zero-order valence-corrected chi connectivity index (χ0v) is 12.9. The third-order valence-corrected chi connectivity index (χ3v) is 4.25. The summed E-state index contributed by atoms with van der Waals surface area (Å²) < 4.78 is 36.5. The maximum absolute atomic E-state index is 10.4. The molecule has 0 bridgehead atoms. The van der Waals surface area contributed by atoms with Gasteiger partial charge in [-0.25, -0.2) is 0 Å². The van der Waals surface area contributed by atoms with E-state index in [-0.39, 0.29) is 6.92 Å². The van der Waals surface area contributed by atoms with Crippen molar-refractivity contribution in [1.82, 2.24) is 4.90 Å². The third kappa shape index (κ3) is 7.48.